The van der Waals surface area contributed by atoms with Gasteiger partial charge in [-0.2, -0.15) is 4.39 Å². The van der Waals surface area contributed by atoms with Crippen LogP contribution < -0.4 is 5.32 Å². The summed E-state index contributed by atoms with van der Waals surface area (Å²) < 4.78 is 12.7. The summed E-state index contributed by atoms with van der Waals surface area (Å²) in [5.74, 6) is 0.165. The fourth-order valence-electron chi connectivity index (χ4n) is 3.00. The normalized spacial score (nSPS) is 34.3. The Labute approximate surface area is 88.9 Å². The Balaban J connectivity index is 1.85. The summed E-state index contributed by atoms with van der Waals surface area (Å²) in [4.78, 5) is 3.74. The number of nitrogens with zero attached hydrogens (tertiary/aromatic N) is 1. The van der Waals surface area contributed by atoms with Gasteiger partial charge >= 0.3 is 0 Å². The average Bonchev–Trinajstić information content (AvgIpc) is 2.55. The van der Waals surface area contributed by atoms with Crippen LogP contribution in [0.15, 0.2) is 18.3 Å². The molecule has 0 saturated carbocycles. The van der Waals surface area contributed by atoms with Gasteiger partial charge in [-0.3, -0.25) is 0 Å². The molecule has 80 valence electrons. The second kappa shape index (κ2) is 3.56. The zero-order valence-electron chi connectivity index (χ0n) is 8.62. The van der Waals surface area contributed by atoms with E-state index in [9.17, 15) is 4.39 Å². The maximum absolute atomic E-state index is 12.7. The van der Waals surface area contributed by atoms with Crippen molar-refractivity contribution in [2.45, 2.75) is 43.7 Å². The number of hydrogen-bond acceptors (Lipinski definition) is 2. The molecule has 2 nitrogen and oxygen atoms in total. The summed E-state index contributed by atoms with van der Waals surface area (Å²) >= 11 is 0. The topological polar surface area (TPSA) is 24.9 Å². The van der Waals surface area contributed by atoms with Gasteiger partial charge in [-0.15, -0.1) is 0 Å². The summed E-state index contributed by atoms with van der Waals surface area (Å²) in [6, 6.07) is 4.63. The molecule has 0 aromatic carbocycles. The molecule has 2 saturated heterocycles. The predicted molar refractivity (Wildman–Crippen MR) is 56.1 cm³/mol. The van der Waals surface area contributed by atoms with Crippen LogP contribution in [0.25, 0.3) is 0 Å². The van der Waals surface area contributed by atoms with E-state index < -0.39 is 0 Å². The Hall–Kier alpha value is -0.960. The number of fused-ring (bicyclic) bond motifs is 2. The molecule has 0 spiro atoms. The van der Waals surface area contributed by atoms with Gasteiger partial charge in [0.25, 0.3) is 0 Å². The molecule has 3 heterocycles. The Kier molecular flexibility index (Phi) is 2.20. The molecule has 1 N–H and O–H groups in total. The molecule has 3 rings (SSSR count). The van der Waals surface area contributed by atoms with Crippen molar-refractivity contribution >= 4 is 0 Å². The molecule has 2 bridgehead atoms. The van der Waals surface area contributed by atoms with Crippen molar-refractivity contribution in [2.75, 3.05) is 0 Å². The maximum Gasteiger partial charge on any atom is 0.212 e. The van der Waals surface area contributed by atoms with Gasteiger partial charge < -0.3 is 5.32 Å². The maximum atomic E-state index is 12.7. The molecule has 3 heteroatoms. The number of piperidine rings is 1. The van der Waals surface area contributed by atoms with Crippen LogP contribution in [-0.2, 0) is 0 Å². The summed E-state index contributed by atoms with van der Waals surface area (Å²) in [5.41, 5.74) is 1.19. The molecule has 1 aromatic heterocycles. The van der Waals surface area contributed by atoms with E-state index in [-0.39, 0.29) is 5.95 Å². The smallest absolute Gasteiger partial charge is 0.212 e. The molecule has 2 aliphatic heterocycles. The first-order valence-corrected chi connectivity index (χ1v) is 5.70. The van der Waals surface area contributed by atoms with Gasteiger partial charge in [0, 0.05) is 24.2 Å². The minimum Gasteiger partial charge on any atom is -0.311 e. The number of aromatic nitrogens is 1. The highest BCUT2D eigenvalue weighted by Crippen LogP contribution is 2.37. The molecule has 0 unspecified atom stereocenters. The Bertz CT molecular complexity index is 349. The highest BCUT2D eigenvalue weighted by Gasteiger charge is 2.37. The molecular formula is C12H15FN2. The van der Waals surface area contributed by atoms with Crippen LogP contribution in [0.3, 0.4) is 0 Å². The van der Waals surface area contributed by atoms with Gasteiger partial charge in [0.2, 0.25) is 5.95 Å². The zero-order valence-corrected chi connectivity index (χ0v) is 8.62. The summed E-state index contributed by atoms with van der Waals surface area (Å²) in [6.45, 7) is 0. The number of rotatable bonds is 1. The van der Waals surface area contributed by atoms with Gasteiger partial charge in [0.1, 0.15) is 0 Å². The van der Waals surface area contributed by atoms with E-state index >= 15 is 0 Å². The van der Waals surface area contributed by atoms with E-state index in [4.69, 9.17) is 0 Å². The minimum atomic E-state index is -0.382. The van der Waals surface area contributed by atoms with Crippen molar-refractivity contribution in [1.29, 1.82) is 0 Å². The molecule has 0 radical (unpaired) electrons. The lowest BCUT2D eigenvalue weighted by molar-refractivity contribution is 0.397. The average molecular weight is 206 g/mol. The van der Waals surface area contributed by atoms with Gasteiger partial charge in [-0.25, -0.2) is 4.98 Å². The zero-order chi connectivity index (χ0) is 10.3. The summed E-state index contributed by atoms with van der Waals surface area (Å²) in [6.07, 6.45) is 6.76. The van der Waals surface area contributed by atoms with Crippen molar-refractivity contribution in [2.24, 2.45) is 0 Å². The molecule has 3 atom stereocenters. The Morgan fingerprint density at radius 1 is 1.33 bits per heavy atom. The van der Waals surface area contributed by atoms with Crippen LogP contribution in [-0.4, -0.2) is 17.1 Å². The van der Waals surface area contributed by atoms with E-state index in [0.717, 1.165) is 0 Å². The molecule has 0 aliphatic carbocycles. The number of halogens is 1. The highest BCUT2D eigenvalue weighted by molar-refractivity contribution is 5.21. The molecule has 2 fully saturated rings. The second-order valence-corrected chi connectivity index (χ2v) is 4.66. The monoisotopic (exact) mass is 206 g/mol. The van der Waals surface area contributed by atoms with Crippen LogP contribution in [0.2, 0.25) is 0 Å². The van der Waals surface area contributed by atoms with Crippen LogP contribution in [0.5, 0.6) is 0 Å². The van der Waals surface area contributed by atoms with Crippen LogP contribution in [0, 0.1) is 5.95 Å². The Morgan fingerprint density at radius 3 is 3.00 bits per heavy atom. The fourth-order valence-corrected chi connectivity index (χ4v) is 3.00. The van der Waals surface area contributed by atoms with Gasteiger partial charge in [0.05, 0.1) is 0 Å². The first-order valence-electron chi connectivity index (χ1n) is 5.70. The van der Waals surface area contributed by atoms with Gasteiger partial charge in [0.15, 0.2) is 0 Å². The van der Waals surface area contributed by atoms with Crippen LogP contribution >= 0.6 is 0 Å². The quantitative estimate of drug-likeness (QED) is 0.713. The van der Waals surface area contributed by atoms with E-state index in [2.05, 4.69) is 10.3 Å². The third-order valence-corrected chi connectivity index (χ3v) is 3.72. The Morgan fingerprint density at radius 2 is 2.27 bits per heavy atom. The van der Waals surface area contributed by atoms with Gasteiger partial charge in [-0.1, -0.05) is 12.5 Å². The first kappa shape index (κ1) is 9.28. The van der Waals surface area contributed by atoms with E-state index in [0.29, 0.717) is 18.0 Å². The highest BCUT2D eigenvalue weighted by atomic mass is 19.1. The number of nitrogens with one attached hydrogen (secondary N) is 1. The van der Waals surface area contributed by atoms with E-state index in [1.807, 2.05) is 6.07 Å². The van der Waals surface area contributed by atoms with E-state index in [1.54, 1.807) is 6.20 Å². The molecule has 1 aromatic rings. The van der Waals surface area contributed by atoms with Crippen LogP contribution in [0.1, 0.15) is 37.2 Å². The summed E-state index contributed by atoms with van der Waals surface area (Å²) in [7, 11) is 0. The van der Waals surface area contributed by atoms with Crippen molar-refractivity contribution in [3.05, 3.63) is 29.8 Å². The van der Waals surface area contributed by atoms with E-state index in [1.165, 1.54) is 37.3 Å². The molecular weight excluding hydrogens is 191 g/mol. The van der Waals surface area contributed by atoms with Crippen molar-refractivity contribution in [1.82, 2.24) is 10.3 Å². The molecule has 0 amide bonds. The van der Waals surface area contributed by atoms with Crippen molar-refractivity contribution in [3.8, 4) is 0 Å². The number of pyridine rings is 1. The minimum absolute atomic E-state index is 0.382. The fraction of sp³-hybridized carbons (Fsp3) is 0.583. The number of hydrogen-bond donors (Lipinski definition) is 1. The standard InChI is InChI=1S/C12H15FN2/c13-12-5-4-8(7-14-12)10-6-9-2-1-3-11(10)15-9/h4-5,7,9-11,15H,1-3,6H2/t9-,10+,11+/m1/s1. The lowest BCUT2D eigenvalue weighted by Crippen LogP contribution is -2.34. The molecule has 2 aliphatic rings. The second-order valence-electron chi connectivity index (χ2n) is 4.66. The first-order chi connectivity index (χ1) is 7.33. The third-order valence-electron chi connectivity index (χ3n) is 3.72. The predicted octanol–water partition coefficient (Wildman–Crippen LogP) is 2.22. The third kappa shape index (κ3) is 1.65. The lowest BCUT2D eigenvalue weighted by Gasteiger charge is -2.22. The summed E-state index contributed by atoms with van der Waals surface area (Å²) in [5, 5.41) is 3.63. The van der Waals surface area contributed by atoms with Crippen molar-refractivity contribution < 1.29 is 4.39 Å². The SMILES string of the molecule is Fc1ccc([C@@H]2C[C@H]3CCC[C@@H]2N3)cn1. The van der Waals surface area contributed by atoms with Crippen LogP contribution in [0.4, 0.5) is 4.39 Å². The molecule has 15 heavy (non-hydrogen) atoms. The largest absolute Gasteiger partial charge is 0.311 e. The van der Waals surface area contributed by atoms with Crippen molar-refractivity contribution in [3.63, 3.8) is 0 Å². The van der Waals surface area contributed by atoms with Gasteiger partial charge in [-0.05, 0) is 30.9 Å². The lowest BCUT2D eigenvalue weighted by atomic mass is 9.92.